The molecule has 2 aromatic carbocycles. The van der Waals surface area contributed by atoms with Gasteiger partial charge in [-0.15, -0.1) is 5.10 Å². The molecule has 3 aromatic rings. The molecule has 1 aliphatic heterocycles. The lowest BCUT2D eigenvalue weighted by Gasteiger charge is -2.26. The summed E-state index contributed by atoms with van der Waals surface area (Å²) in [7, 11) is 0. The molecule has 9 heteroatoms. The van der Waals surface area contributed by atoms with Gasteiger partial charge in [0.05, 0.1) is 24.5 Å². The second-order valence-corrected chi connectivity index (χ2v) is 7.94. The minimum Gasteiger partial charge on any atom is -0.508 e. The van der Waals surface area contributed by atoms with Gasteiger partial charge in [-0.2, -0.15) is 4.68 Å². The molecule has 0 bridgehead atoms. The summed E-state index contributed by atoms with van der Waals surface area (Å²) in [5, 5.41) is 38.6. The van der Waals surface area contributed by atoms with Crippen LogP contribution in [0.5, 0.6) is 17.5 Å². The third-order valence-electron chi connectivity index (χ3n) is 5.33. The smallest absolute Gasteiger partial charge is 0.334 e. The molecule has 9 nitrogen and oxygen atoms in total. The van der Waals surface area contributed by atoms with Crippen molar-refractivity contribution in [1.29, 1.82) is 0 Å². The van der Waals surface area contributed by atoms with Gasteiger partial charge in [0.2, 0.25) is 0 Å². The Morgan fingerprint density at radius 3 is 2.55 bits per heavy atom. The molecule has 0 spiro atoms. The molecule has 0 saturated carbocycles. The van der Waals surface area contributed by atoms with Crippen molar-refractivity contribution >= 4 is 5.69 Å². The summed E-state index contributed by atoms with van der Waals surface area (Å²) in [5.41, 5.74) is 5.99. The van der Waals surface area contributed by atoms with Crippen LogP contribution in [-0.2, 0) is 11.3 Å². The van der Waals surface area contributed by atoms with Crippen LogP contribution in [-0.4, -0.2) is 61.4 Å². The molecule has 4 rings (SSSR count). The maximum absolute atomic E-state index is 10.4. The van der Waals surface area contributed by atoms with E-state index in [1.54, 1.807) is 6.07 Å². The number of hydrogen-bond donors (Lipinski definition) is 4. The lowest BCUT2D eigenvalue weighted by atomic mass is 9.98. The van der Waals surface area contributed by atoms with Crippen LogP contribution in [0.15, 0.2) is 36.4 Å². The highest BCUT2D eigenvalue weighted by Crippen LogP contribution is 2.37. The summed E-state index contributed by atoms with van der Waals surface area (Å²) in [6, 6.07) is 10.5. The molecule has 0 atom stereocenters. The van der Waals surface area contributed by atoms with Crippen LogP contribution in [0.1, 0.15) is 30.9 Å². The molecule has 1 aromatic heterocycles. The molecule has 0 amide bonds. The standard InChI is InChI=1S/C22H27N5O4/c1-14(2)17-11-18(20(29)12-19(17)28)21-23-24-22(30)27(21)25-16-5-3-4-15(10-16)13-26-6-8-31-9-7-26/h3-5,10-12,14,25,28-29H,6-9,13H2,1-2H3,(H,24,30). The highest BCUT2D eigenvalue weighted by Gasteiger charge is 2.20. The number of nitrogens with zero attached hydrogens (tertiary/aromatic N) is 4. The summed E-state index contributed by atoms with van der Waals surface area (Å²) in [6.07, 6.45) is 0. The fraction of sp³-hybridized carbons (Fsp3) is 0.364. The van der Waals surface area contributed by atoms with E-state index in [1.165, 1.54) is 10.7 Å². The van der Waals surface area contributed by atoms with Crippen molar-refractivity contribution in [2.45, 2.75) is 26.3 Å². The number of morpholine rings is 1. The SMILES string of the molecule is CC(C)c1cc(-c2nnc(O)n2Nc2cccc(CN3CCOCC3)c2)c(O)cc1O. The number of aromatic hydroxyl groups is 3. The Morgan fingerprint density at radius 1 is 1.03 bits per heavy atom. The van der Waals surface area contributed by atoms with Gasteiger partial charge in [0.1, 0.15) is 11.5 Å². The molecular weight excluding hydrogens is 398 g/mol. The van der Waals surface area contributed by atoms with Gasteiger partial charge >= 0.3 is 6.01 Å². The zero-order valence-electron chi connectivity index (χ0n) is 17.6. The Kier molecular flexibility index (Phi) is 5.97. The molecule has 2 heterocycles. The van der Waals surface area contributed by atoms with Crippen LogP contribution in [0.2, 0.25) is 0 Å². The van der Waals surface area contributed by atoms with Crippen molar-refractivity contribution in [2.24, 2.45) is 0 Å². The summed E-state index contributed by atoms with van der Waals surface area (Å²) >= 11 is 0. The zero-order chi connectivity index (χ0) is 22.0. The molecule has 0 aliphatic carbocycles. The van der Waals surface area contributed by atoms with E-state index in [-0.39, 0.29) is 29.3 Å². The monoisotopic (exact) mass is 425 g/mol. The van der Waals surface area contributed by atoms with Crippen molar-refractivity contribution in [3.8, 4) is 28.9 Å². The molecule has 0 radical (unpaired) electrons. The summed E-state index contributed by atoms with van der Waals surface area (Å²) in [6.45, 7) is 7.95. The first-order valence-corrected chi connectivity index (χ1v) is 10.3. The molecule has 4 N–H and O–H groups in total. The normalized spacial score (nSPS) is 14.8. The highest BCUT2D eigenvalue weighted by atomic mass is 16.5. The van der Waals surface area contributed by atoms with Gasteiger partial charge in [-0.25, -0.2) is 0 Å². The molecule has 0 unspecified atom stereocenters. The Labute approximate surface area is 180 Å². The predicted octanol–water partition coefficient (Wildman–Crippen LogP) is 2.89. The first-order valence-electron chi connectivity index (χ1n) is 10.3. The third kappa shape index (κ3) is 4.57. The second kappa shape index (κ2) is 8.83. The lowest BCUT2D eigenvalue weighted by Crippen LogP contribution is -2.35. The molecular formula is C22H27N5O4. The summed E-state index contributed by atoms with van der Waals surface area (Å²) in [4.78, 5) is 2.33. The molecule has 1 aliphatic rings. The van der Waals surface area contributed by atoms with E-state index in [4.69, 9.17) is 4.74 Å². The van der Waals surface area contributed by atoms with E-state index < -0.39 is 0 Å². The number of hydrogen-bond acceptors (Lipinski definition) is 8. The Morgan fingerprint density at radius 2 is 1.81 bits per heavy atom. The van der Waals surface area contributed by atoms with E-state index in [9.17, 15) is 15.3 Å². The van der Waals surface area contributed by atoms with Crippen molar-refractivity contribution in [2.75, 3.05) is 31.7 Å². The molecule has 31 heavy (non-hydrogen) atoms. The minimum absolute atomic E-state index is 0.00955. The van der Waals surface area contributed by atoms with Gasteiger partial charge in [0, 0.05) is 25.7 Å². The molecule has 164 valence electrons. The number of phenols is 2. The van der Waals surface area contributed by atoms with Crippen molar-refractivity contribution in [1.82, 2.24) is 19.8 Å². The third-order valence-corrected chi connectivity index (χ3v) is 5.33. The molecule has 1 saturated heterocycles. The van der Waals surface area contributed by atoms with Crippen LogP contribution in [0.4, 0.5) is 5.69 Å². The largest absolute Gasteiger partial charge is 0.508 e. The number of nitrogens with one attached hydrogen (secondary N) is 1. The van der Waals surface area contributed by atoms with E-state index in [1.807, 2.05) is 38.1 Å². The van der Waals surface area contributed by atoms with E-state index >= 15 is 0 Å². The average molecular weight is 425 g/mol. The zero-order valence-corrected chi connectivity index (χ0v) is 17.6. The van der Waals surface area contributed by atoms with E-state index in [2.05, 4.69) is 20.5 Å². The van der Waals surface area contributed by atoms with Gasteiger partial charge in [0.15, 0.2) is 5.82 Å². The van der Waals surface area contributed by atoms with Crippen molar-refractivity contribution in [3.63, 3.8) is 0 Å². The van der Waals surface area contributed by atoms with Gasteiger partial charge in [-0.1, -0.05) is 31.1 Å². The number of ether oxygens (including phenoxy) is 1. The topological polar surface area (TPSA) is 116 Å². The first kappa shape index (κ1) is 21.0. The first-order chi connectivity index (χ1) is 14.9. The van der Waals surface area contributed by atoms with E-state index in [0.29, 0.717) is 11.1 Å². The second-order valence-electron chi connectivity index (χ2n) is 7.94. The van der Waals surface area contributed by atoms with Crippen molar-refractivity contribution < 1.29 is 20.1 Å². The average Bonchev–Trinajstić information content (AvgIpc) is 3.09. The van der Waals surface area contributed by atoms with Gasteiger partial charge in [-0.05, 0) is 35.2 Å². The van der Waals surface area contributed by atoms with Crippen LogP contribution in [0, 0.1) is 0 Å². The Balaban J connectivity index is 1.62. The highest BCUT2D eigenvalue weighted by molar-refractivity contribution is 5.68. The number of rotatable bonds is 6. The number of aromatic nitrogens is 3. The number of benzene rings is 2. The van der Waals surface area contributed by atoms with Crippen LogP contribution >= 0.6 is 0 Å². The lowest BCUT2D eigenvalue weighted by molar-refractivity contribution is 0.0342. The van der Waals surface area contributed by atoms with Crippen LogP contribution < -0.4 is 5.43 Å². The fourth-order valence-corrected chi connectivity index (χ4v) is 3.67. The maximum Gasteiger partial charge on any atom is 0.334 e. The number of phenolic OH excluding ortho intramolecular Hbond substituents is 2. The van der Waals surface area contributed by atoms with Gasteiger partial charge in [-0.3, -0.25) is 10.3 Å². The predicted molar refractivity (Wildman–Crippen MR) is 116 cm³/mol. The fourth-order valence-electron chi connectivity index (χ4n) is 3.67. The van der Waals surface area contributed by atoms with Gasteiger partial charge in [0.25, 0.3) is 0 Å². The van der Waals surface area contributed by atoms with Crippen LogP contribution in [0.25, 0.3) is 11.4 Å². The molecule has 1 fully saturated rings. The number of anilines is 1. The van der Waals surface area contributed by atoms with Gasteiger partial charge < -0.3 is 20.1 Å². The van der Waals surface area contributed by atoms with Crippen molar-refractivity contribution in [3.05, 3.63) is 47.5 Å². The Bertz CT molecular complexity index is 1060. The quantitative estimate of drug-likeness (QED) is 0.476. The van der Waals surface area contributed by atoms with Crippen LogP contribution in [0.3, 0.4) is 0 Å². The Hall–Kier alpha value is -3.30. The summed E-state index contributed by atoms with van der Waals surface area (Å²) < 4.78 is 6.71. The van der Waals surface area contributed by atoms with E-state index in [0.717, 1.165) is 44.1 Å². The maximum atomic E-state index is 10.4. The summed E-state index contributed by atoms with van der Waals surface area (Å²) in [5.74, 6) is 0.123. The minimum atomic E-state index is -0.341.